The second-order valence-electron chi connectivity index (χ2n) is 3.96. The Morgan fingerprint density at radius 3 is 2.94 bits per heavy atom. The normalized spacial score (nSPS) is 19.6. The second-order valence-corrected chi connectivity index (χ2v) is 4.81. The van der Waals surface area contributed by atoms with Crippen molar-refractivity contribution in [3.63, 3.8) is 0 Å². The van der Waals surface area contributed by atoms with Crippen molar-refractivity contribution in [2.75, 3.05) is 25.1 Å². The maximum absolute atomic E-state index is 11.0. The fraction of sp³-hybridized carbons (Fsp3) is 0.455. The molecule has 0 aliphatic carbocycles. The Morgan fingerprint density at radius 1 is 1.59 bits per heavy atom. The molecule has 1 heterocycles. The van der Waals surface area contributed by atoms with E-state index in [1.807, 2.05) is 11.0 Å². The predicted octanol–water partition coefficient (Wildman–Crippen LogP) is 2.58. The molecule has 1 fully saturated rings. The van der Waals surface area contributed by atoms with Gasteiger partial charge in [-0.1, -0.05) is 6.07 Å². The van der Waals surface area contributed by atoms with E-state index in [0.717, 1.165) is 17.4 Å². The minimum Gasteiger partial charge on any atom is -0.380 e. The highest BCUT2D eigenvalue weighted by molar-refractivity contribution is 9.10. The zero-order valence-corrected chi connectivity index (χ0v) is 11.0. The maximum Gasteiger partial charge on any atom is 0.293 e. The molecule has 0 N–H and O–H groups in total. The highest BCUT2D eigenvalue weighted by Crippen LogP contribution is 2.37. The molecule has 1 aliphatic rings. The van der Waals surface area contributed by atoms with E-state index < -0.39 is 0 Å². The molecule has 17 heavy (non-hydrogen) atoms. The Labute approximate surface area is 108 Å². The first-order chi connectivity index (χ1) is 8.13. The van der Waals surface area contributed by atoms with Crippen molar-refractivity contribution in [2.45, 2.75) is 12.5 Å². The standard InChI is InChI=1S/C11H13BrN2O3/c1-17-8-5-6-13(7-8)11-9(12)3-2-4-10(11)14(15)16/h2-4,8H,5-7H2,1H3/t8-/m0/s1. The van der Waals surface area contributed by atoms with Gasteiger partial charge in [0.15, 0.2) is 0 Å². The van der Waals surface area contributed by atoms with Crippen molar-refractivity contribution in [1.29, 1.82) is 0 Å². The topological polar surface area (TPSA) is 55.6 Å². The average Bonchev–Trinajstić information content (AvgIpc) is 2.76. The number of anilines is 1. The Kier molecular flexibility index (Phi) is 3.63. The van der Waals surface area contributed by atoms with Crippen LogP contribution in [-0.2, 0) is 4.74 Å². The molecule has 0 aromatic heterocycles. The quantitative estimate of drug-likeness (QED) is 0.636. The highest BCUT2D eigenvalue weighted by atomic mass is 79.9. The lowest BCUT2D eigenvalue weighted by Crippen LogP contribution is -2.23. The third-order valence-electron chi connectivity index (χ3n) is 2.96. The van der Waals surface area contributed by atoms with E-state index in [1.54, 1.807) is 13.2 Å². The van der Waals surface area contributed by atoms with Crippen LogP contribution >= 0.6 is 15.9 Å². The minimum absolute atomic E-state index is 0.135. The summed E-state index contributed by atoms with van der Waals surface area (Å²) in [5.41, 5.74) is 0.785. The van der Waals surface area contributed by atoms with E-state index in [0.29, 0.717) is 12.2 Å². The van der Waals surface area contributed by atoms with Crippen LogP contribution in [0.2, 0.25) is 0 Å². The van der Waals surface area contributed by atoms with Crippen LogP contribution < -0.4 is 4.90 Å². The first-order valence-corrected chi connectivity index (χ1v) is 6.13. The lowest BCUT2D eigenvalue weighted by Gasteiger charge is -2.19. The van der Waals surface area contributed by atoms with Crippen LogP contribution in [0.5, 0.6) is 0 Å². The van der Waals surface area contributed by atoms with E-state index in [9.17, 15) is 10.1 Å². The van der Waals surface area contributed by atoms with Gasteiger partial charge >= 0.3 is 0 Å². The lowest BCUT2D eigenvalue weighted by atomic mass is 10.2. The summed E-state index contributed by atoms with van der Waals surface area (Å²) < 4.78 is 6.03. The summed E-state index contributed by atoms with van der Waals surface area (Å²) >= 11 is 3.38. The van der Waals surface area contributed by atoms with Crippen LogP contribution in [0.15, 0.2) is 22.7 Å². The molecule has 0 saturated carbocycles. The fourth-order valence-electron chi connectivity index (χ4n) is 2.09. The lowest BCUT2D eigenvalue weighted by molar-refractivity contribution is -0.384. The molecule has 1 aliphatic heterocycles. The third-order valence-corrected chi connectivity index (χ3v) is 3.60. The number of para-hydroxylation sites is 1. The van der Waals surface area contributed by atoms with Crippen molar-refractivity contribution < 1.29 is 9.66 Å². The SMILES string of the molecule is CO[C@H]1CCN(c2c(Br)cccc2[N+](=O)[O-])C1. The number of rotatable bonds is 3. The summed E-state index contributed by atoms with van der Waals surface area (Å²) in [4.78, 5) is 12.7. The molecule has 0 unspecified atom stereocenters. The van der Waals surface area contributed by atoms with Gasteiger partial charge in [-0.25, -0.2) is 0 Å². The number of nitro benzene ring substituents is 1. The zero-order valence-electron chi connectivity index (χ0n) is 9.43. The van der Waals surface area contributed by atoms with Gasteiger partial charge in [0.2, 0.25) is 0 Å². The molecule has 92 valence electrons. The molecule has 5 nitrogen and oxygen atoms in total. The number of hydrogen-bond acceptors (Lipinski definition) is 4. The summed E-state index contributed by atoms with van der Waals surface area (Å²) in [5, 5.41) is 11.0. The molecule has 1 saturated heterocycles. The highest BCUT2D eigenvalue weighted by Gasteiger charge is 2.29. The van der Waals surface area contributed by atoms with Gasteiger partial charge in [-0.3, -0.25) is 10.1 Å². The molecule has 0 bridgehead atoms. The predicted molar refractivity (Wildman–Crippen MR) is 68.4 cm³/mol. The number of nitrogens with zero attached hydrogens (tertiary/aromatic N) is 2. The first-order valence-electron chi connectivity index (χ1n) is 5.34. The van der Waals surface area contributed by atoms with Gasteiger partial charge in [0, 0.05) is 30.7 Å². The second kappa shape index (κ2) is 5.01. The molecule has 0 radical (unpaired) electrons. The van der Waals surface area contributed by atoms with E-state index in [-0.39, 0.29) is 16.7 Å². The number of nitro groups is 1. The van der Waals surface area contributed by atoms with Crippen LogP contribution in [0.4, 0.5) is 11.4 Å². The summed E-state index contributed by atoms with van der Waals surface area (Å²) in [6.45, 7) is 1.47. The number of halogens is 1. The smallest absolute Gasteiger partial charge is 0.293 e. The van der Waals surface area contributed by atoms with Crippen LogP contribution in [0, 0.1) is 10.1 Å². The summed E-state index contributed by atoms with van der Waals surface area (Å²) in [7, 11) is 1.67. The molecule has 0 amide bonds. The summed E-state index contributed by atoms with van der Waals surface area (Å²) in [5.74, 6) is 0. The molecule has 0 spiro atoms. The monoisotopic (exact) mass is 300 g/mol. The van der Waals surface area contributed by atoms with Gasteiger partial charge in [-0.2, -0.15) is 0 Å². The van der Waals surface area contributed by atoms with Gasteiger partial charge in [-0.05, 0) is 28.4 Å². The Morgan fingerprint density at radius 2 is 2.35 bits per heavy atom. The van der Waals surface area contributed by atoms with E-state index in [4.69, 9.17) is 4.74 Å². The van der Waals surface area contributed by atoms with E-state index in [2.05, 4.69) is 15.9 Å². The van der Waals surface area contributed by atoms with Gasteiger partial charge in [0.1, 0.15) is 5.69 Å². The average molecular weight is 301 g/mol. The van der Waals surface area contributed by atoms with Crippen molar-refractivity contribution in [3.05, 3.63) is 32.8 Å². The molecule has 2 rings (SSSR count). The molecular weight excluding hydrogens is 288 g/mol. The van der Waals surface area contributed by atoms with Crippen molar-refractivity contribution >= 4 is 27.3 Å². The van der Waals surface area contributed by atoms with Gasteiger partial charge in [0.05, 0.1) is 11.0 Å². The number of methoxy groups -OCH3 is 1. The Balaban J connectivity index is 2.34. The van der Waals surface area contributed by atoms with Crippen molar-refractivity contribution in [1.82, 2.24) is 0 Å². The van der Waals surface area contributed by atoms with Crippen LogP contribution in [-0.4, -0.2) is 31.2 Å². The van der Waals surface area contributed by atoms with Crippen LogP contribution in [0.3, 0.4) is 0 Å². The van der Waals surface area contributed by atoms with Gasteiger partial charge in [-0.15, -0.1) is 0 Å². The molecule has 1 aromatic rings. The molecule has 1 atom stereocenters. The van der Waals surface area contributed by atoms with Crippen molar-refractivity contribution in [2.24, 2.45) is 0 Å². The third kappa shape index (κ3) is 2.42. The molecule has 1 aromatic carbocycles. The largest absolute Gasteiger partial charge is 0.380 e. The number of hydrogen-bond donors (Lipinski definition) is 0. The maximum atomic E-state index is 11.0. The van der Waals surface area contributed by atoms with E-state index in [1.165, 1.54) is 6.07 Å². The first kappa shape index (κ1) is 12.3. The van der Waals surface area contributed by atoms with Gasteiger partial charge < -0.3 is 9.64 Å². The molecule has 6 heteroatoms. The van der Waals surface area contributed by atoms with Crippen molar-refractivity contribution in [3.8, 4) is 0 Å². The summed E-state index contributed by atoms with van der Waals surface area (Å²) in [6, 6.07) is 5.03. The zero-order chi connectivity index (χ0) is 12.4. The Bertz CT molecular complexity index is 439. The molecular formula is C11H13BrN2O3. The van der Waals surface area contributed by atoms with Gasteiger partial charge in [0.25, 0.3) is 5.69 Å². The minimum atomic E-state index is -0.347. The fourth-order valence-corrected chi connectivity index (χ4v) is 2.69. The van der Waals surface area contributed by atoms with Crippen LogP contribution in [0.25, 0.3) is 0 Å². The Hall–Kier alpha value is -1.14. The van der Waals surface area contributed by atoms with Crippen LogP contribution in [0.1, 0.15) is 6.42 Å². The number of benzene rings is 1. The van der Waals surface area contributed by atoms with E-state index >= 15 is 0 Å². The number of ether oxygens (including phenoxy) is 1. The summed E-state index contributed by atoms with van der Waals surface area (Å²) in [6.07, 6.45) is 1.05.